The van der Waals surface area contributed by atoms with Crippen LogP contribution in [0.4, 0.5) is 5.69 Å². The number of benzene rings is 3. The molecule has 0 saturated heterocycles. The molecule has 0 aromatic heterocycles. The van der Waals surface area contributed by atoms with E-state index in [0.717, 1.165) is 28.7 Å². The van der Waals surface area contributed by atoms with Gasteiger partial charge in [-0.2, -0.15) is 0 Å². The number of carbonyl (C=O) groups is 2. The van der Waals surface area contributed by atoms with Crippen molar-refractivity contribution >= 4 is 27.5 Å². The van der Waals surface area contributed by atoms with Gasteiger partial charge in [0.15, 0.2) is 0 Å². The number of rotatable bonds is 14. The maximum absolute atomic E-state index is 13.9. The van der Waals surface area contributed by atoms with Gasteiger partial charge in [-0.25, -0.2) is 8.42 Å². The summed E-state index contributed by atoms with van der Waals surface area (Å²) in [6, 6.07) is 24.2. The molecule has 0 radical (unpaired) electrons. The van der Waals surface area contributed by atoms with Gasteiger partial charge in [0.25, 0.3) is 0 Å². The lowest BCUT2D eigenvalue weighted by Gasteiger charge is -2.33. The Morgan fingerprint density at radius 2 is 1.49 bits per heavy atom. The zero-order valence-electron chi connectivity index (χ0n) is 24.8. The Labute approximate surface area is 245 Å². The minimum atomic E-state index is -3.57. The molecule has 3 aromatic rings. The van der Waals surface area contributed by atoms with E-state index in [1.807, 2.05) is 100 Å². The van der Waals surface area contributed by atoms with Crippen LogP contribution in [0.1, 0.15) is 55.4 Å². The van der Waals surface area contributed by atoms with Gasteiger partial charge in [0.2, 0.25) is 21.8 Å². The fraction of sp³-hybridized carbons (Fsp3) is 0.394. The molecule has 0 unspecified atom stereocenters. The van der Waals surface area contributed by atoms with Crippen LogP contribution in [-0.4, -0.2) is 50.0 Å². The van der Waals surface area contributed by atoms with Gasteiger partial charge in [0, 0.05) is 32.0 Å². The summed E-state index contributed by atoms with van der Waals surface area (Å²) in [4.78, 5) is 29.2. The number of aryl methyl sites for hydroxylation is 1. The SMILES string of the molecule is CC[C@@H](C)NC(=O)[C@H](Cc1ccccc1)N(Cc1ccccc1)C(=O)CCCN(c1cccc(C)c1C)S(C)(=O)=O. The van der Waals surface area contributed by atoms with Crippen LogP contribution in [0.25, 0.3) is 0 Å². The van der Waals surface area contributed by atoms with Crippen LogP contribution >= 0.6 is 0 Å². The van der Waals surface area contributed by atoms with Crippen molar-refractivity contribution in [2.45, 2.75) is 72.0 Å². The molecule has 0 heterocycles. The summed E-state index contributed by atoms with van der Waals surface area (Å²) in [5, 5.41) is 3.08. The first-order valence-electron chi connectivity index (χ1n) is 14.2. The van der Waals surface area contributed by atoms with Crippen molar-refractivity contribution in [2.75, 3.05) is 17.1 Å². The van der Waals surface area contributed by atoms with E-state index in [1.165, 1.54) is 10.6 Å². The molecule has 2 atom stereocenters. The average Bonchev–Trinajstić information content (AvgIpc) is 2.95. The number of anilines is 1. The summed E-state index contributed by atoms with van der Waals surface area (Å²) in [6.45, 7) is 8.25. The summed E-state index contributed by atoms with van der Waals surface area (Å²) in [5.74, 6) is -0.385. The Hall–Kier alpha value is -3.65. The highest BCUT2D eigenvalue weighted by Crippen LogP contribution is 2.26. The predicted octanol–water partition coefficient (Wildman–Crippen LogP) is 5.40. The molecule has 1 N–H and O–H groups in total. The first kappa shape index (κ1) is 31.9. The van der Waals surface area contributed by atoms with E-state index < -0.39 is 16.1 Å². The van der Waals surface area contributed by atoms with E-state index in [1.54, 1.807) is 11.0 Å². The fourth-order valence-corrected chi connectivity index (χ4v) is 5.78. The van der Waals surface area contributed by atoms with E-state index in [-0.39, 0.29) is 37.4 Å². The second kappa shape index (κ2) is 14.8. The number of amides is 2. The van der Waals surface area contributed by atoms with Crippen LogP contribution in [0, 0.1) is 13.8 Å². The summed E-state index contributed by atoms with van der Waals surface area (Å²) in [6.07, 6.45) is 2.75. The molecule has 0 saturated carbocycles. The van der Waals surface area contributed by atoms with Gasteiger partial charge in [-0.1, -0.05) is 79.7 Å². The van der Waals surface area contributed by atoms with Crippen LogP contribution in [-0.2, 0) is 32.6 Å². The molecule has 2 amide bonds. The Morgan fingerprint density at radius 3 is 2.07 bits per heavy atom. The molecule has 0 bridgehead atoms. The number of nitrogens with one attached hydrogen (secondary N) is 1. The Bertz CT molecular complexity index is 1390. The van der Waals surface area contributed by atoms with Gasteiger partial charge in [-0.15, -0.1) is 0 Å². The van der Waals surface area contributed by atoms with Crippen molar-refractivity contribution in [3.8, 4) is 0 Å². The van der Waals surface area contributed by atoms with Gasteiger partial charge in [-0.05, 0) is 61.9 Å². The molecule has 0 aliphatic carbocycles. The first-order valence-corrected chi connectivity index (χ1v) is 16.1. The van der Waals surface area contributed by atoms with E-state index in [2.05, 4.69) is 5.32 Å². The summed E-state index contributed by atoms with van der Waals surface area (Å²) in [7, 11) is -3.57. The van der Waals surface area contributed by atoms with Gasteiger partial charge in [0.05, 0.1) is 11.9 Å². The van der Waals surface area contributed by atoms with Gasteiger partial charge < -0.3 is 10.2 Å². The third-order valence-electron chi connectivity index (χ3n) is 7.46. The van der Waals surface area contributed by atoms with E-state index in [9.17, 15) is 18.0 Å². The standard InChI is InChI=1S/C33H43N3O4S/c1-6-26(3)34-33(38)31(23-28-16-9-7-10-17-28)35(24-29-18-11-8-12-19-29)32(37)21-14-22-36(41(5,39)40)30-20-13-15-25(2)27(30)4/h7-13,15-20,26,31H,6,14,21-24H2,1-5H3,(H,34,38)/t26-,31+/m1/s1. The van der Waals surface area contributed by atoms with Crippen molar-refractivity contribution in [3.63, 3.8) is 0 Å². The molecular weight excluding hydrogens is 534 g/mol. The fourth-order valence-electron chi connectivity index (χ4n) is 4.76. The van der Waals surface area contributed by atoms with Crippen LogP contribution in [0.2, 0.25) is 0 Å². The highest BCUT2D eigenvalue weighted by atomic mass is 32.2. The monoisotopic (exact) mass is 577 g/mol. The normalized spacial score (nSPS) is 12.8. The van der Waals surface area contributed by atoms with E-state index in [0.29, 0.717) is 18.5 Å². The van der Waals surface area contributed by atoms with Crippen LogP contribution in [0.5, 0.6) is 0 Å². The summed E-state index contributed by atoms with van der Waals surface area (Å²) >= 11 is 0. The van der Waals surface area contributed by atoms with Crippen LogP contribution in [0.15, 0.2) is 78.9 Å². The van der Waals surface area contributed by atoms with Crippen molar-refractivity contribution in [1.82, 2.24) is 10.2 Å². The summed E-state index contributed by atoms with van der Waals surface area (Å²) in [5.41, 5.74) is 4.39. The van der Waals surface area contributed by atoms with Gasteiger partial charge in [-0.3, -0.25) is 13.9 Å². The molecule has 0 aliphatic rings. The Balaban J connectivity index is 1.89. The lowest BCUT2D eigenvalue weighted by Crippen LogP contribution is -2.52. The average molecular weight is 578 g/mol. The second-order valence-corrected chi connectivity index (χ2v) is 12.6. The molecule has 7 nitrogen and oxygen atoms in total. The Morgan fingerprint density at radius 1 is 0.878 bits per heavy atom. The van der Waals surface area contributed by atoms with E-state index in [4.69, 9.17) is 0 Å². The summed E-state index contributed by atoms with van der Waals surface area (Å²) < 4.78 is 26.9. The van der Waals surface area contributed by atoms with E-state index >= 15 is 0 Å². The zero-order chi connectivity index (χ0) is 30.0. The third kappa shape index (κ3) is 9.18. The van der Waals surface area contributed by atoms with Crippen molar-refractivity contribution in [2.24, 2.45) is 0 Å². The molecular formula is C33H43N3O4S. The largest absolute Gasteiger partial charge is 0.352 e. The minimum Gasteiger partial charge on any atom is -0.352 e. The maximum atomic E-state index is 13.9. The molecule has 3 aromatic carbocycles. The topological polar surface area (TPSA) is 86.8 Å². The smallest absolute Gasteiger partial charge is 0.243 e. The number of sulfonamides is 1. The van der Waals surface area contributed by atoms with Gasteiger partial charge >= 0.3 is 0 Å². The van der Waals surface area contributed by atoms with Crippen LogP contribution < -0.4 is 9.62 Å². The highest BCUT2D eigenvalue weighted by Gasteiger charge is 2.31. The maximum Gasteiger partial charge on any atom is 0.243 e. The predicted molar refractivity (Wildman–Crippen MR) is 166 cm³/mol. The second-order valence-electron chi connectivity index (χ2n) is 10.7. The molecule has 0 aliphatic heterocycles. The number of hydrogen-bond donors (Lipinski definition) is 1. The lowest BCUT2D eigenvalue weighted by molar-refractivity contribution is -0.141. The Kier molecular flexibility index (Phi) is 11.5. The molecule has 41 heavy (non-hydrogen) atoms. The van der Waals surface area contributed by atoms with Crippen molar-refractivity contribution in [3.05, 3.63) is 101 Å². The number of hydrogen-bond acceptors (Lipinski definition) is 4. The molecule has 220 valence electrons. The zero-order valence-corrected chi connectivity index (χ0v) is 25.7. The number of carbonyl (C=O) groups excluding carboxylic acids is 2. The molecule has 0 fully saturated rings. The highest BCUT2D eigenvalue weighted by molar-refractivity contribution is 7.92. The number of nitrogens with zero attached hydrogens (tertiary/aromatic N) is 2. The lowest BCUT2D eigenvalue weighted by atomic mass is 10.0. The van der Waals surface area contributed by atoms with Crippen molar-refractivity contribution < 1.29 is 18.0 Å². The molecule has 3 rings (SSSR count). The molecule has 0 spiro atoms. The van der Waals surface area contributed by atoms with Gasteiger partial charge in [0.1, 0.15) is 6.04 Å². The van der Waals surface area contributed by atoms with Crippen LogP contribution in [0.3, 0.4) is 0 Å². The molecule has 8 heteroatoms. The first-order chi connectivity index (χ1) is 19.5. The minimum absolute atomic E-state index is 0.0321. The third-order valence-corrected chi connectivity index (χ3v) is 8.64. The quantitative estimate of drug-likeness (QED) is 0.278. The van der Waals surface area contributed by atoms with Crippen molar-refractivity contribution in [1.29, 1.82) is 0 Å².